The number of hydrogen-bond donors (Lipinski definition) is 1. The number of ether oxygens (including phenoxy) is 1. The number of rotatable bonds is 4. The van der Waals surface area contributed by atoms with Gasteiger partial charge in [-0.3, -0.25) is 4.79 Å². The number of halogens is 1. The average Bonchev–Trinajstić information content (AvgIpc) is 3.04. The van der Waals surface area contributed by atoms with Crippen LogP contribution in [0.25, 0.3) is 22.5 Å². The van der Waals surface area contributed by atoms with Crippen molar-refractivity contribution in [2.45, 2.75) is 0 Å². The molecule has 1 aromatic heterocycles. The number of furan rings is 1. The SMILES string of the molecule is COc1ccc(Br)c(-c2ccc(C=O)o2)c1-c1ccccc1O. The highest BCUT2D eigenvalue weighted by atomic mass is 79.9. The van der Waals surface area contributed by atoms with E-state index in [1.54, 1.807) is 43.5 Å². The summed E-state index contributed by atoms with van der Waals surface area (Å²) in [4.78, 5) is 10.9. The van der Waals surface area contributed by atoms with Gasteiger partial charge in [-0.1, -0.05) is 34.1 Å². The van der Waals surface area contributed by atoms with Crippen molar-refractivity contribution in [3.8, 4) is 33.9 Å². The molecule has 0 fully saturated rings. The molecule has 0 radical (unpaired) electrons. The Kier molecular flexibility index (Phi) is 4.21. The van der Waals surface area contributed by atoms with Gasteiger partial charge in [-0.15, -0.1) is 0 Å². The number of aromatic hydroxyl groups is 1. The van der Waals surface area contributed by atoms with Crippen LogP contribution in [0.15, 0.2) is 57.4 Å². The molecule has 3 rings (SSSR count). The summed E-state index contributed by atoms with van der Waals surface area (Å²) in [7, 11) is 1.56. The molecule has 0 aliphatic rings. The number of phenolic OH excluding ortho intramolecular Hbond substituents is 1. The lowest BCUT2D eigenvalue weighted by Crippen LogP contribution is -1.93. The number of hydrogen-bond acceptors (Lipinski definition) is 4. The van der Waals surface area contributed by atoms with Gasteiger partial charge in [0.2, 0.25) is 0 Å². The van der Waals surface area contributed by atoms with Crippen molar-refractivity contribution in [1.82, 2.24) is 0 Å². The molecule has 1 N–H and O–H groups in total. The summed E-state index contributed by atoms with van der Waals surface area (Å²) >= 11 is 3.51. The zero-order valence-electron chi connectivity index (χ0n) is 12.2. The zero-order chi connectivity index (χ0) is 16.4. The summed E-state index contributed by atoms with van der Waals surface area (Å²) in [5.41, 5.74) is 2.01. The van der Waals surface area contributed by atoms with Crippen LogP contribution in [0.1, 0.15) is 10.6 Å². The number of carbonyl (C=O) groups is 1. The van der Waals surface area contributed by atoms with Crippen molar-refractivity contribution >= 4 is 22.2 Å². The van der Waals surface area contributed by atoms with Gasteiger partial charge in [-0.25, -0.2) is 0 Å². The van der Waals surface area contributed by atoms with Crippen LogP contribution in [0, 0.1) is 0 Å². The molecule has 5 heteroatoms. The lowest BCUT2D eigenvalue weighted by Gasteiger charge is -2.15. The fourth-order valence-electron chi connectivity index (χ4n) is 2.47. The van der Waals surface area contributed by atoms with Crippen molar-refractivity contribution < 1.29 is 19.1 Å². The maximum atomic E-state index is 10.9. The van der Waals surface area contributed by atoms with E-state index in [0.717, 1.165) is 4.47 Å². The van der Waals surface area contributed by atoms with E-state index in [2.05, 4.69) is 15.9 Å². The van der Waals surface area contributed by atoms with E-state index in [9.17, 15) is 9.90 Å². The summed E-state index contributed by atoms with van der Waals surface area (Å²) in [5.74, 6) is 1.47. The molecular weight excluding hydrogens is 360 g/mol. The minimum Gasteiger partial charge on any atom is -0.507 e. The number of aldehydes is 1. The molecule has 3 aromatic rings. The molecule has 0 unspecified atom stereocenters. The Morgan fingerprint density at radius 3 is 2.52 bits per heavy atom. The molecule has 2 aromatic carbocycles. The smallest absolute Gasteiger partial charge is 0.185 e. The molecule has 116 valence electrons. The molecular formula is C18H13BrO4. The third kappa shape index (κ3) is 2.75. The van der Waals surface area contributed by atoms with E-state index in [1.807, 2.05) is 12.1 Å². The van der Waals surface area contributed by atoms with E-state index in [1.165, 1.54) is 0 Å². The van der Waals surface area contributed by atoms with Crippen LogP contribution >= 0.6 is 15.9 Å². The Labute approximate surface area is 141 Å². The Bertz CT molecular complexity index is 867. The number of para-hydroxylation sites is 1. The van der Waals surface area contributed by atoms with E-state index in [-0.39, 0.29) is 11.5 Å². The van der Waals surface area contributed by atoms with Crippen molar-refractivity contribution in [1.29, 1.82) is 0 Å². The summed E-state index contributed by atoms with van der Waals surface area (Å²) in [6, 6.07) is 13.9. The van der Waals surface area contributed by atoms with Crippen LogP contribution in [0.5, 0.6) is 11.5 Å². The van der Waals surface area contributed by atoms with Crippen molar-refractivity contribution in [2.75, 3.05) is 7.11 Å². The molecule has 0 spiro atoms. The third-order valence-electron chi connectivity index (χ3n) is 3.50. The second-order valence-corrected chi connectivity index (χ2v) is 5.69. The molecule has 0 aliphatic carbocycles. The molecule has 0 bridgehead atoms. The Hall–Kier alpha value is -2.53. The summed E-state index contributed by atoms with van der Waals surface area (Å²) in [6.07, 6.45) is 0.650. The lowest BCUT2D eigenvalue weighted by molar-refractivity contribution is 0.110. The summed E-state index contributed by atoms with van der Waals surface area (Å²) in [6.45, 7) is 0. The first-order valence-corrected chi connectivity index (χ1v) is 7.65. The zero-order valence-corrected chi connectivity index (χ0v) is 13.8. The fourth-order valence-corrected chi connectivity index (χ4v) is 3.00. The minimum atomic E-state index is 0.132. The van der Waals surface area contributed by atoms with Gasteiger partial charge in [0.25, 0.3) is 0 Å². The number of methoxy groups -OCH3 is 1. The highest BCUT2D eigenvalue weighted by Crippen LogP contribution is 2.46. The molecule has 0 atom stereocenters. The van der Waals surface area contributed by atoms with Crippen molar-refractivity contribution in [3.63, 3.8) is 0 Å². The highest BCUT2D eigenvalue weighted by molar-refractivity contribution is 9.10. The molecule has 4 nitrogen and oxygen atoms in total. The van der Waals surface area contributed by atoms with Crippen molar-refractivity contribution in [3.05, 3.63) is 58.8 Å². The predicted octanol–water partition coefficient (Wildman–Crippen LogP) is 4.90. The normalized spacial score (nSPS) is 10.5. The second kappa shape index (κ2) is 6.30. The highest BCUT2D eigenvalue weighted by Gasteiger charge is 2.21. The Morgan fingerprint density at radius 1 is 1.09 bits per heavy atom. The quantitative estimate of drug-likeness (QED) is 0.661. The van der Waals surface area contributed by atoms with Gasteiger partial charge >= 0.3 is 0 Å². The Balaban J connectivity index is 2.34. The first kappa shape index (κ1) is 15.4. The molecule has 0 aliphatic heterocycles. The van der Waals surface area contributed by atoms with Gasteiger partial charge in [0.15, 0.2) is 12.0 Å². The average molecular weight is 373 g/mol. The standard InChI is InChI=1S/C18H13BrO4/c1-22-15-9-7-13(19)18(16-8-6-11(10-20)23-16)17(15)12-4-2-3-5-14(12)21/h2-10,21H,1H3. The van der Waals surface area contributed by atoms with E-state index in [4.69, 9.17) is 9.15 Å². The Morgan fingerprint density at radius 2 is 1.87 bits per heavy atom. The monoisotopic (exact) mass is 372 g/mol. The van der Waals surface area contributed by atoms with Crippen LogP contribution in [-0.4, -0.2) is 18.5 Å². The van der Waals surface area contributed by atoms with E-state index < -0.39 is 0 Å². The van der Waals surface area contributed by atoms with Crippen LogP contribution in [-0.2, 0) is 0 Å². The van der Waals surface area contributed by atoms with E-state index in [0.29, 0.717) is 34.5 Å². The second-order valence-electron chi connectivity index (χ2n) is 4.84. The minimum absolute atomic E-state index is 0.132. The summed E-state index contributed by atoms with van der Waals surface area (Å²) in [5, 5.41) is 10.2. The number of phenols is 1. The number of benzene rings is 2. The van der Waals surface area contributed by atoms with Crippen LogP contribution in [0.4, 0.5) is 0 Å². The van der Waals surface area contributed by atoms with Gasteiger partial charge in [0.1, 0.15) is 17.3 Å². The van der Waals surface area contributed by atoms with Crippen LogP contribution < -0.4 is 4.74 Å². The molecule has 23 heavy (non-hydrogen) atoms. The van der Waals surface area contributed by atoms with Gasteiger partial charge in [-0.2, -0.15) is 0 Å². The lowest BCUT2D eigenvalue weighted by atomic mass is 9.96. The van der Waals surface area contributed by atoms with Gasteiger partial charge in [-0.05, 0) is 30.3 Å². The third-order valence-corrected chi connectivity index (χ3v) is 4.16. The molecule has 0 amide bonds. The number of carbonyl (C=O) groups excluding carboxylic acids is 1. The fraction of sp³-hybridized carbons (Fsp3) is 0.0556. The predicted molar refractivity (Wildman–Crippen MR) is 90.9 cm³/mol. The maximum Gasteiger partial charge on any atom is 0.185 e. The largest absolute Gasteiger partial charge is 0.507 e. The molecule has 0 saturated heterocycles. The first-order valence-electron chi connectivity index (χ1n) is 6.86. The maximum absolute atomic E-state index is 10.9. The van der Waals surface area contributed by atoms with Crippen LogP contribution in [0.2, 0.25) is 0 Å². The van der Waals surface area contributed by atoms with Crippen LogP contribution in [0.3, 0.4) is 0 Å². The summed E-state index contributed by atoms with van der Waals surface area (Å²) < 4.78 is 11.8. The first-order chi connectivity index (χ1) is 11.2. The van der Waals surface area contributed by atoms with Gasteiger partial charge < -0.3 is 14.3 Å². The molecule has 0 saturated carbocycles. The van der Waals surface area contributed by atoms with Gasteiger partial charge in [0.05, 0.1) is 7.11 Å². The molecule has 1 heterocycles. The van der Waals surface area contributed by atoms with Crippen molar-refractivity contribution in [2.24, 2.45) is 0 Å². The topological polar surface area (TPSA) is 59.7 Å². The van der Waals surface area contributed by atoms with E-state index >= 15 is 0 Å². The van der Waals surface area contributed by atoms with Gasteiger partial charge in [0, 0.05) is 21.2 Å².